The fourth-order valence-electron chi connectivity index (χ4n) is 1.34. The quantitative estimate of drug-likeness (QED) is 0.750. The first-order valence-electron chi connectivity index (χ1n) is 4.88. The number of rotatable bonds is 2. The zero-order chi connectivity index (χ0) is 12.3. The lowest BCUT2D eigenvalue weighted by molar-refractivity contribution is -0.140. The van der Waals surface area contributed by atoms with Crippen molar-refractivity contribution in [2.75, 3.05) is 0 Å². The van der Waals surface area contributed by atoms with Crippen LogP contribution in [0.2, 0.25) is 0 Å². The lowest BCUT2D eigenvalue weighted by atomic mass is 10.2. The molecule has 2 aromatic rings. The van der Waals surface area contributed by atoms with Crippen molar-refractivity contribution in [3.63, 3.8) is 0 Å². The van der Waals surface area contributed by atoms with Gasteiger partial charge in [0.25, 0.3) is 0 Å². The van der Waals surface area contributed by atoms with Gasteiger partial charge >= 0.3 is 6.18 Å². The molecule has 0 N–H and O–H groups in total. The molecule has 0 spiro atoms. The van der Waals surface area contributed by atoms with Crippen molar-refractivity contribution in [1.29, 1.82) is 0 Å². The minimum Gasteiger partial charge on any atom is -0.166 e. The molecule has 0 heterocycles. The third kappa shape index (κ3) is 3.03. The molecule has 0 aromatic heterocycles. The topological polar surface area (TPSA) is 0 Å². The zero-order valence-electron chi connectivity index (χ0n) is 8.66. The van der Waals surface area contributed by atoms with Crippen LogP contribution < -0.4 is 0 Å². The highest BCUT2D eigenvalue weighted by Gasteiger charge is 2.33. The van der Waals surface area contributed by atoms with Crippen LogP contribution in [0, 0.1) is 6.07 Å². The maximum Gasteiger partial charge on any atom is 0.418 e. The number of hydrogen-bond donors (Lipinski definition) is 0. The number of benzene rings is 2. The second-order valence-electron chi connectivity index (χ2n) is 3.32. The van der Waals surface area contributed by atoms with Crippen molar-refractivity contribution in [1.82, 2.24) is 0 Å². The molecule has 0 amide bonds. The van der Waals surface area contributed by atoms with Gasteiger partial charge in [-0.25, -0.2) is 0 Å². The first-order chi connectivity index (χ1) is 8.07. The molecule has 0 unspecified atom stereocenters. The summed E-state index contributed by atoms with van der Waals surface area (Å²) in [6, 6.07) is 15.5. The van der Waals surface area contributed by atoms with Gasteiger partial charge in [-0.1, -0.05) is 42.1 Å². The largest absolute Gasteiger partial charge is 0.418 e. The fourth-order valence-corrected chi connectivity index (χ4v) is 2.31. The summed E-state index contributed by atoms with van der Waals surface area (Å²) in [5, 5.41) is 0. The zero-order valence-corrected chi connectivity index (χ0v) is 9.48. The smallest absolute Gasteiger partial charge is 0.166 e. The Kier molecular flexibility index (Phi) is 3.43. The van der Waals surface area contributed by atoms with Crippen molar-refractivity contribution in [2.24, 2.45) is 0 Å². The summed E-state index contributed by atoms with van der Waals surface area (Å²) in [5.74, 6) is 0. The van der Waals surface area contributed by atoms with Crippen molar-refractivity contribution >= 4 is 11.8 Å². The molecule has 0 fully saturated rings. The number of halogens is 3. The second-order valence-corrected chi connectivity index (χ2v) is 4.44. The first kappa shape index (κ1) is 12.0. The third-order valence-corrected chi connectivity index (χ3v) is 3.14. The standard InChI is InChI=1S/C13H8F3S/c14-13(15,16)11-8-4-5-9-12(11)17-10-6-2-1-3-7-10/h1-7,9H. The summed E-state index contributed by atoms with van der Waals surface area (Å²) < 4.78 is 38.1. The third-order valence-electron chi connectivity index (χ3n) is 2.07. The monoisotopic (exact) mass is 253 g/mol. The molecule has 0 aliphatic carbocycles. The second kappa shape index (κ2) is 4.84. The van der Waals surface area contributed by atoms with Gasteiger partial charge in [0.05, 0.1) is 5.56 Å². The van der Waals surface area contributed by atoms with E-state index in [1.807, 2.05) is 6.07 Å². The molecule has 17 heavy (non-hydrogen) atoms. The van der Waals surface area contributed by atoms with E-state index in [2.05, 4.69) is 6.07 Å². The van der Waals surface area contributed by atoms with Crippen LogP contribution in [-0.2, 0) is 6.18 Å². The molecule has 4 heteroatoms. The molecule has 0 nitrogen and oxygen atoms in total. The van der Waals surface area contributed by atoms with Crippen molar-refractivity contribution in [3.8, 4) is 0 Å². The highest BCUT2D eigenvalue weighted by Crippen LogP contribution is 2.38. The molecule has 0 aliphatic rings. The Bertz CT molecular complexity index is 492. The molecular formula is C13H8F3S. The summed E-state index contributed by atoms with van der Waals surface area (Å²) in [6.07, 6.45) is -4.36. The lowest BCUT2D eigenvalue weighted by Gasteiger charge is -2.11. The Balaban J connectivity index is 2.34. The van der Waals surface area contributed by atoms with E-state index in [4.69, 9.17) is 0 Å². The molecule has 0 bridgehead atoms. The molecule has 0 saturated carbocycles. The van der Waals surface area contributed by atoms with Gasteiger partial charge in [-0.2, -0.15) is 13.2 Å². The van der Waals surface area contributed by atoms with Crippen LogP contribution in [0.5, 0.6) is 0 Å². The van der Waals surface area contributed by atoms with Gasteiger partial charge in [-0.3, -0.25) is 0 Å². The summed E-state index contributed by atoms with van der Waals surface area (Å²) in [6.45, 7) is 0. The van der Waals surface area contributed by atoms with Crippen LogP contribution in [0.25, 0.3) is 0 Å². The van der Waals surface area contributed by atoms with Crippen LogP contribution >= 0.6 is 11.8 Å². The van der Waals surface area contributed by atoms with Crippen molar-refractivity contribution < 1.29 is 13.2 Å². The van der Waals surface area contributed by atoms with Crippen LogP contribution in [-0.4, -0.2) is 0 Å². The molecule has 0 saturated heterocycles. The van der Waals surface area contributed by atoms with E-state index >= 15 is 0 Å². The van der Waals surface area contributed by atoms with Crippen LogP contribution in [0.3, 0.4) is 0 Å². The van der Waals surface area contributed by atoms with Crippen molar-refractivity contribution in [2.45, 2.75) is 16.0 Å². The predicted octanol–water partition coefficient (Wildman–Crippen LogP) is 4.66. The highest BCUT2D eigenvalue weighted by molar-refractivity contribution is 7.99. The van der Waals surface area contributed by atoms with Crippen LogP contribution in [0.1, 0.15) is 5.56 Å². The summed E-state index contributed by atoms with van der Waals surface area (Å²) in [5.41, 5.74) is -0.714. The van der Waals surface area contributed by atoms with E-state index < -0.39 is 11.7 Å². The fraction of sp³-hybridized carbons (Fsp3) is 0.0769. The van der Waals surface area contributed by atoms with Gasteiger partial charge in [0, 0.05) is 9.79 Å². The lowest BCUT2D eigenvalue weighted by Crippen LogP contribution is -2.06. The average molecular weight is 253 g/mol. The van der Waals surface area contributed by atoms with E-state index in [-0.39, 0.29) is 4.90 Å². The average Bonchev–Trinajstić information content (AvgIpc) is 2.30. The number of hydrogen-bond acceptors (Lipinski definition) is 1. The first-order valence-corrected chi connectivity index (χ1v) is 5.70. The maximum absolute atomic E-state index is 12.7. The molecular weight excluding hydrogens is 245 g/mol. The summed E-state index contributed by atoms with van der Waals surface area (Å²) >= 11 is 1.09. The minimum atomic E-state index is -4.36. The molecule has 2 rings (SSSR count). The molecule has 87 valence electrons. The van der Waals surface area contributed by atoms with Gasteiger partial charge in [0.15, 0.2) is 0 Å². The maximum atomic E-state index is 12.7. The summed E-state index contributed by atoms with van der Waals surface area (Å²) in [7, 11) is 0. The van der Waals surface area contributed by atoms with Gasteiger partial charge < -0.3 is 0 Å². The van der Waals surface area contributed by atoms with E-state index in [1.165, 1.54) is 12.1 Å². The molecule has 1 radical (unpaired) electrons. The van der Waals surface area contributed by atoms with Gasteiger partial charge in [0.2, 0.25) is 0 Å². The normalized spacial score (nSPS) is 11.5. The van der Waals surface area contributed by atoms with E-state index in [1.54, 1.807) is 30.3 Å². The molecule has 2 aromatic carbocycles. The Morgan fingerprint density at radius 3 is 2.29 bits per heavy atom. The van der Waals surface area contributed by atoms with Crippen LogP contribution in [0.4, 0.5) is 13.2 Å². The van der Waals surface area contributed by atoms with Gasteiger partial charge in [-0.15, -0.1) is 0 Å². The Morgan fingerprint density at radius 2 is 1.65 bits per heavy atom. The molecule has 0 atom stereocenters. The predicted molar refractivity (Wildman–Crippen MR) is 60.8 cm³/mol. The Morgan fingerprint density at radius 1 is 0.941 bits per heavy atom. The van der Waals surface area contributed by atoms with Gasteiger partial charge in [-0.05, 0) is 24.3 Å². The number of alkyl halides is 3. The van der Waals surface area contributed by atoms with E-state index in [9.17, 15) is 13.2 Å². The van der Waals surface area contributed by atoms with E-state index in [0.29, 0.717) is 0 Å². The summed E-state index contributed by atoms with van der Waals surface area (Å²) in [4.78, 5) is 0.948. The van der Waals surface area contributed by atoms with E-state index in [0.717, 1.165) is 16.7 Å². The van der Waals surface area contributed by atoms with Crippen LogP contribution in [0.15, 0.2) is 58.3 Å². The minimum absolute atomic E-state index is 0.172. The molecule has 0 aliphatic heterocycles. The SMILES string of the molecule is FC(F)(F)c1[c]cccc1Sc1ccccc1. The Hall–Kier alpha value is -1.42. The Labute approximate surface area is 101 Å². The highest BCUT2D eigenvalue weighted by atomic mass is 32.2. The van der Waals surface area contributed by atoms with Gasteiger partial charge in [0.1, 0.15) is 0 Å². The van der Waals surface area contributed by atoms with Crippen molar-refractivity contribution in [3.05, 3.63) is 60.2 Å².